The lowest BCUT2D eigenvalue weighted by molar-refractivity contribution is 0.547. The first-order valence-corrected chi connectivity index (χ1v) is 21.3. The number of aryl methyl sites for hydroxylation is 1. The molecule has 2 heteroatoms. The smallest absolute Gasteiger partial charge is 0.142 e. The average Bonchev–Trinajstić information content (AvgIpc) is 3.80. The van der Waals surface area contributed by atoms with Crippen LogP contribution in [0.1, 0.15) is 79.0 Å². The number of hydrogen-bond acceptors (Lipinski definition) is 2. The summed E-state index contributed by atoms with van der Waals surface area (Å²) < 4.78 is 6.51. The normalized spacial score (nSPS) is 17.3. The van der Waals surface area contributed by atoms with Crippen LogP contribution in [0.15, 0.2) is 186 Å². The molecule has 7 aromatic rings. The minimum absolute atomic E-state index is 0.0715. The standard InChI is InChI=1S/C57H47NO/c1-57(2)53-23-8-6-17-49(53)51-21-11-19-47(55(51)57)41-29-35-46(36-30-41)58(44-31-25-39(26-32-44)38-13-4-3-5-14-38)45-33-27-40(28-34-45)42-15-10-16-43(37-42)48-20-12-22-52-50-18-7-9-24-54(50)59-56(48)52/h3-8,10-13,15-23,25-27,29-33,35-38H,9,14,24,28,34H2,1-2H3. The van der Waals surface area contributed by atoms with Crippen molar-refractivity contribution in [3.05, 3.63) is 215 Å². The second-order valence-corrected chi connectivity index (χ2v) is 17.0. The molecule has 2 nitrogen and oxygen atoms in total. The molecule has 6 aromatic carbocycles. The van der Waals surface area contributed by atoms with E-state index in [0.29, 0.717) is 5.92 Å². The molecule has 11 rings (SSSR count). The van der Waals surface area contributed by atoms with E-state index in [1.54, 1.807) is 0 Å². The van der Waals surface area contributed by atoms with E-state index in [9.17, 15) is 0 Å². The van der Waals surface area contributed by atoms with Gasteiger partial charge in [-0.1, -0.05) is 160 Å². The Balaban J connectivity index is 0.944. The minimum atomic E-state index is -0.0715. The number of para-hydroxylation sites is 1. The third-order valence-electron chi connectivity index (χ3n) is 13.2. The summed E-state index contributed by atoms with van der Waals surface area (Å²) in [5, 5.41) is 1.21. The van der Waals surface area contributed by atoms with Crippen LogP contribution < -0.4 is 4.90 Å². The van der Waals surface area contributed by atoms with Gasteiger partial charge in [0.25, 0.3) is 0 Å². The molecular formula is C57H47NO. The van der Waals surface area contributed by atoms with Crippen LogP contribution in [0, 0.1) is 0 Å². The fraction of sp³-hybridized carbons (Fsp3) is 0.158. The number of anilines is 2. The largest absolute Gasteiger partial charge is 0.460 e. The molecule has 0 saturated heterocycles. The van der Waals surface area contributed by atoms with Gasteiger partial charge < -0.3 is 9.32 Å². The van der Waals surface area contributed by atoms with E-state index in [4.69, 9.17) is 4.42 Å². The quantitative estimate of drug-likeness (QED) is 0.161. The Hall–Kier alpha value is -6.64. The van der Waals surface area contributed by atoms with Gasteiger partial charge in [0.2, 0.25) is 0 Å². The summed E-state index contributed by atoms with van der Waals surface area (Å²) in [6.45, 7) is 4.74. The van der Waals surface area contributed by atoms with Crippen LogP contribution in [0.2, 0.25) is 0 Å². The average molecular weight is 762 g/mol. The number of nitrogens with zero attached hydrogens (tertiary/aromatic N) is 1. The third-order valence-corrected chi connectivity index (χ3v) is 13.2. The molecule has 1 atom stereocenters. The Morgan fingerprint density at radius 2 is 1.36 bits per heavy atom. The van der Waals surface area contributed by atoms with Crippen LogP contribution in [0.5, 0.6) is 0 Å². The van der Waals surface area contributed by atoms with Gasteiger partial charge in [-0.3, -0.25) is 0 Å². The zero-order valence-electron chi connectivity index (χ0n) is 33.8. The monoisotopic (exact) mass is 761 g/mol. The van der Waals surface area contributed by atoms with E-state index in [0.717, 1.165) is 49.0 Å². The summed E-state index contributed by atoms with van der Waals surface area (Å²) >= 11 is 0. The third kappa shape index (κ3) is 6.09. The fourth-order valence-corrected chi connectivity index (χ4v) is 10.2. The lowest BCUT2D eigenvalue weighted by Gasteiger charge is -2.30. The topological polar surface area (TPSA) is 16.4 Å². The molecule has 1 heterocycles. The molecule has 0 aliphatic heterocycles. The first-order chi connectivity index (χ1) is 29.0. The number of hydrogen-bond donors (Lipinski definition) is 0. The molecule has 4 aliphatic carbocycles. The van der Waals surface area contributed by atoms with E-state index in [1.165, 1.54) is 83.7 Å². The number of furan rings is 1. The van der Waals surface area contributed by atoms with Gasteiger partial charge in [0.1, 0.15) is 11.3 Å². The maximum atomic E-state index is 6.51. The predicted molar refractivity (Wildman–Crippen MR) is 248 cm³/mol. The van der Waals surface area contributed by atoms with Crippen molar-refractivity contribution in [2.45, 2.75) is 57.3 Å². The summed E-state index contributed by atoms with van der Waals surface area (Å²) in [5.41, 5.74) is 20.2. The van der Waals surface area contributed by atoms with Gasteiger partial charge in [-0.15, -0.1) is 0 Å². The van der Waals surface area contributed by atoms with E-state index in [-0.39, 0.29) is 5.41 Å². The molecule has 0 fully saturated rings. The molecule has 286 valence electrons. The molecule has 0 radical (unpaired) electrons. The number of fused-ring (bicyclic) bond motifs is 6. The Morgan fingerprint density at radius 1 is 0.610 bits per heavy atom. The Kier molecular flexibility index (Phi) is 8.62. The maximum absolute atomic E-state index is 6.51. The molecule has 0 saturated carbocycles. The van der Waals surface area contributed by atoms with Crippen molar-refractivity contribution in [2.24, 2.45) is 0 Å². The molecule has 59 heavy (non-hydrogen) atoms. The first kappa shape index (κ1) is 35.5. The highest BCUT2D eigenvalue weighted by molar-refractivity contribution is 5.99. The zero-order chi connectivity index (χ0) is 39.5. The molecule has 1 unspecified atom stereocenters. The molecular weight excluding hydrogens is 715 g/mol. The molecule has 0 bridgehead atoms. The van der Waals surface area contributed by atoms with Crippen LogP contribution >= 0.6 is 0 Å². The van der Waals surface area contributed by atoms with Gasteiger partial charge in [0, 0.05) is 51.3 Å². The van der Waals surface area contributed by atoms with E-state index in [2.05, 4.69) is 201 Å². The number of allylic oxidation sites excluding steroid dienone is 9. The van der Waals surface area contributed by atoms with E-state index in [1.807, 2.05) is 0 Å². The van der Waals surface area contributed by atoms with Gasteiger partial charge >= 0.3 is 0 Å². The van der Waals surface area contributed by atoms with Crippen molar-refractivity contribution >= 4 is 34.0 Å². The van der Waals surface area contributed by atoms with E-state index < -0.39 is 0 Å². The summed E-state index contributed by atoms with van der Waals surface area (Å²) in [6.07, 6.45) is 23.0. The Morgan fingerprint density at radius 3 is 2.17 bits per heavy atom. The van der Waals surface area contributed by atoms with Crippen LogP contribution in [0.25, 0.3) is 56.0 Å². The highest BCUT2D eigenvalue weighted by Crippen LogP contribution is 2.52. The van der Waals surface area contributed by atoms with Crippen LogP contribution in [0.4, 0.5) is 11.4 Å². The van der Waals surface area contributed by atoms with Gasteiger partial charge in [-0.05, 0) is 118 Å². The Labute approximate surface area is 347 Å². The number of rotatable bonds is 7. The number of benzene rings is 6. The van der Waals surface area contributed by atoms with Crippen molar-refractivity contribution in [3.8, 4) is 33.4 Å². The summed E-state index contributed by atoms with van der Waals surface area (Å²) in [7, 11) is 0. The second-order valence-electron chi connectivity index (χ2n) is 17.0. The summed E-state index contributed by atoms with van der Waals surface area (Å²) in [6, 6.07) is 49.9. The second kappa shape index (κ2) is 14.3. The van der Waals surface area contributed by atoms with Crippen LogP contribution in [-0.4, -0.2) is 0 Å². The molecule has 0 spiro atoms. The van der Waals surface area contributed by atoms with E-state index >= 15 is 0 Å². The van der Waals surface area contributed by atoms with Gasteiger partial charge in [-0.2, -0.15) is 0 Å². The minimum Gasteiger partial charge on any atom is -0.460 e. The molecule has 4 aliphatic rings. The van der Waals surface area contributed by atoms with Crippen molar-refractivity contribution in [3.63, 3.8) is 0 Å². The first-order valence-electron chi connectivity index (χ1n) is 21.3. The van der Waals surface area contributed by atoms with Crippen molar-refractivity contribution < 1.29 is 4.42 Å². The maximum Gasteiger partial charge on any atom is 0.142 e. The lowest BCUT2D eigenvalue weighted by atomic mass is 9.79. The summed E-state index contributed by atoms with van der Waals surface area (Å²) in [4.78, 5) is 2.47. The predicted octanol–water partition coefficient (Wildman–Crippen LogP) is 15.5. The van der Waals surface area contributed by atoms with Crippen molar-refractivity contribution in [1.82, 2.24) is 0 Å². The van der Waals surface area contributed by atoms with Gasteiger partial charge in [-0.25, -0.2) is 0 Å². The fourth-order valence-electron chi connectivity index (χ4n) is 10.2. The van der Waals surface area contributed by atoms with Gasteiger partial charge in [0.15, 0.2) is 0 Å². The molecule has 0 amide bonds. The van der Waals surface area contributed by atoms with Gasteiger partial charge in [0.05, 0.1) is 0 Å². The SMILES string of the molecule is CC1(C)c2ccccc2-c2cccc(-c3ccc(N(C4=CC=C(c5cccc(-c6cccc7c8c(oc67)CCC=C8)c5)CC4)c4ccc(C5C=CC=CC5)cc4)cc3)c21. The lowest BCUT2D eigenvalue weighted by Crippen LogP contribution is -2.18. The highest BCUT2D eigenvalue weighted by atomic mass is 16.3. The Bertz CT molecular complexity index is 2920. The summed E-state index contributed by atoms with van der Waals surface area (Å²) in [5.74, 6) is 1.52. The molecule has 1 aromatic heterocycles. The van der Waals surface area contributed by atoms with Crippen LogP contribution in [-0.2, 0) is 11.8 Å². The highest BCUT2D eigenvalue weighted by Gasteiger charge is 2.37. The van der Waals surface area contributed by atoms with Crippen molar-refractivity contribution in [2.75, 3.05) is 4.90 Å². The molecule has 0 N–H and O–H groups in total. The van der Waals surface area contributed by atoms with Crippen LogP contribution in [0.3, 0.4) is 0 Å². The van der Waals surface area contributed by atoms with Crippen molar-refractivity contribution in [1.29, 1.82) is 0 Å². The zero-order valence-corrected chi connectivity index (χ0v) is 33.8.